The predicted octanol–water partition coefficient (Wildman–Crippen LogP) is 3.97. The van der Waals surface area contributed by atoms with Crippen LogP contribution < -0.4 is 5.32 Å². The zero-order valence-corrected chi connectivity index (χ0v) is 19.2. The van der Waals surface area contributed by atoms with E-state index in [4.69, 9.17) is 4.74 Å². The van der Waals surface area contributed by atoms with E-state index in [-0.39, 0.29) is 10.9 Å². The van der Waals surface area contributed by atoms with Gasteiger partial charge in [-0.1, -0.05) is 12.8 Å². The molecule has 0 radical (unpaired) electrons. The summed E-state index contributed by atoms with van der Waals surface area (Å²) in [5.74, 6) is -0.932. The Hall–Kier alpha value is -2.23. The van der Waals surface area contributed by atoms with Gasteiger partial charge in [0.05, 0.1) is 17.6 Å². The van der Waals surface area contributed by atoms with Crippen molar-refractivity contribution in [3.63, 3.8) is 0 Å². The maximum Gasteiger partial charge on any atom is 0.341 e. The third-order valence-electron chi connectivity index (χ3n) is 5.63. The van der Waals surface area contributed by atoms with Gasteiger partial charge < -0.3 is 10.1 Å². The summed E-state index contributed by atoms with van der Waals surface area (Å²) in [7, 11) is -0.698. The highest BCUT2D eigenvalue weighted by atomic mass is 32.2. The fraction of sp³-hybridized carbons (Fsp3) is 0.429. The lowest BCUT2D eigenvalue weighted by Crippen LogP contribution is -2.35. The first-order valence-corrected chi connectivity index (χ1v) is 12.0. The number of carbonyl (C=O) groups is 2. The number of sulfonamides is 1. The predicted molar refractivity (Wildman–Crippen MR) is 117 cm³/mol. The van der Waals surface area contributed by atoms with Crippen LogP contribution in [0.15, 0.2) is 29.2 Å². The zero-order chi connectivity index (χ0) is 22.1. The second kappa shape index (κ2) is 8.87. The lowest BCUT2D eigenvalue weighted by molar-refractivity contribution is 0.0601. The van der Waals surface area contributed by atoms with Gasteiger partial charge in [-0.3, -0.25) is 4.79 Å². The summed E-state index contributed by atoms with van der Waals surface area (Å²) in [6.07, 6.45) is 3.83. The van der Waals surface area contributed by atoms with Gasteiger partial charge in [0.25, 0.3) is 5.91 Å². The van der Waals surface area contributed by atoms with E-state index in [1.54, 1.807) is 14.0 Å². The lowest BCUT2D eigenvalue weighted by Gasteiger charge is -2.23. The minimum Gasteiger partial charge on any atom is -0.465 e. The molecule has 1 saturated carbocycles. The zero-order valence-electron chi connectivity index (χ0n) is 17.5. The van der Waals surface area contributed by atoms with E-state index in [9.17, 15) is 18.0 Å². The van der Waals surface area contributed by atoms with Crippen LogP contribution in [0.25, 0.3) is 0 Å². The van der Waals surface area contributed by atoms with Crippen molar-refractivity contribution in [3.05, 3.63) is 45.8 Å². The normalized spacial score (nSPS) is 14.8. The number of carbonyl (C=O) groups excluding carboxylic acids is 2. The van der Waals surface area contributed by atoms with Gasteiger partial charge in [0.2, 0.25) is 10.0 Å². The highest BCUT2D eigenvalue weighted by Gasteiger charge is 2.30. The quantitative estimate of drug-likeness (QED) is 0.673. The molecule has 3 rings (SSSR count). The van der Waals surface area contributed by atoms with Gasteiger partial charge in [-0.2, -0.15) is 4.31 Å². The Balaban J connectivity index is 1.79. The lowest BCUT2D eigenvalue weighted by atomic mass is 10.1. The number of hydrogen-bond donors (Lipinski definition) is 1. The Morgan fingerprint density at radius 3 is 2.30 bits per heavy atom. The molecular weight excluding hydrogens is 424 g/mol. The van der Waals surface area contributed by atoms with Gasteiger partial charge in [-0.15, -0.1) is 11.3 Å². The molecule has 1 aliphatic carbocycles. The number of esters is 1. The molecule has 9 heteroatoms. The molecule has 1 aromatic carbocycles. The molecule has 0 spiro atoms. The molecule has 162 valence electrons. The molecular formula is C21H26N2O5S2. The number of benzene rings is 1. The Morgan fingerprint density at radius 2 is 1.73 bits per heavy atom. The summed E-state index contributed by atoms with van der Waals surface area (Å²) in [5, 5.41) is 3.16. The summed E-state index contributed by atoms with van der Waals surface area (Å²) >= 11 is 1.30. The molecule has 1 N–H and O–H groups in total. The largest absolute Gasteiger partial charge is 0.465 e. The van der Waals surface area contributed by atoms with Gasteiger partial charge in [0.1, 0.15) is 5.00 Å². The minimum absolute atomic E-state index is 0.0278. The standard InChI is InChI=1S/C21H26N2O5S2/c1-13-14(2)29-20(18(13)21(25)28-4)22-19(24)15-9-11-17(12-10-15)30(26,27)23(3)16-7-5-6-8-16/h9-12,16H,5-8H2,1-4H3,(H,22,24). The van der Waals surface area contributed by atoms with Crippen LogP contribution in [0.3, 0.4) is 0 Å². The fourth-order valence-corrected chi connectivity index (χ4v) is 6.11. The van der Waals surface area contributed by atoms with Crippen molar-refractivity contribution in [1.82, 2.24) is 4.31 Å². The molecule has 1 fully saturated rings. The van der Waals surface area contributed by atoms with Crippen LogP contribution in [-0.2, 0) is 14.8 Å². The summed E-state index contributed by atoms with van der Waals surface area (Å²) in [4.78, 5) is 25.8. The maximum atomic E-state index is 12.9. The van der Waals surface area contributed by atoms with E-state index in [2.05, 4.69) is 5.32 Å². The Kier molecular flexibility index (Phi) is 6.64. The van der Waals surface area contributed by atoms with Crippen molar-refractivity contribution in [2.75, 3.05) is 19.5 Å². The maximum absolute atomic E-state index is 12.9. The highest BCUT2D eigenvalue weighted by Crippen LogP contribution is 2.33. The van der Waals surface area contributed by atoms with Crippen molar-refractivity contribution >= 4 is 38.2 Å². The smallest absolute Gasteiger partial charge is 0.341 e. The van der Waals surface area contributed by atoms with E-state index in [0.717, 1.165) is 36.1 Å². The molecule has 30 heavy (non-hydrogen) atoms. The minimum atomic E-state index is -3.60. The van der Waals surface area contributed by atoms with Gasteiger partial charge in [-0.25, -0.2) is 13.2 Å². The van der Waals surface area contributed by atoms with Crippen molar-refractivity contribution in [3.8, 4) is 0 Å². The van der Waals surface area contributed by atoms with Crippen LogP contribution >= 0.6 is 11.3 Å². The van der Waals surface area contributed by atoms with Gasteiger partial charge in [0, 0.05) is 23.5 Å². The number of methoxy groups -OCH3 is 1. The monoisotopic (exact) mass is 450 g/mol. The molecule has 0 atom stereocenters. The van der Waals surface area contributed by atoms with Crippen molar-refractivity contribution in [2.45, 2.75) is 50.5 Å². The first-order chi connectivity index (χ1) is 14.2. The number of hydrogen-bond acceptors (Lipinski definition) is 6. The van der Waals surface area contributed by atoms with Crippen LogP contribution in [-0.4, -0.2) is 44.8 Å². The van der Waals surface area contributed by atoms with Crippen molar-refractivity contribution in [1.29, 1.82) is 0 Å². The Labute approximate surface area is 181 Å². The molecule has 0 aliphatic heterocycles. The summed E-state index contributed by atoms with van der Waals surface area (Å²) in [6.45, 7) is 3.66. The van der Waals surface area contributed by atoms with Gasteiger partial charge >= 0.3 is 5.97 Å². The molecule has 1 heterocycles. The van der Waals surface area contributed by atoms with Gasteiger partial charge in [-0.05, 0) is 56.5 Å². The SMILES string of the molecule is COC(=O)c1c(NC(=O)c2ccc(S(=O)(=O)N(C)C3CCCC3)cc2)sc(C)c1C. The fourth-order valence-electron chi connectivity index (χ4n) is 3.65. The van der Waals surface area contributed by atoms with Crippen LogP contribution in [0.2, 0.25) is 0 Å². The molecule has 0 saturated heterocycles. The average Bonchev–Trinajstić information content (AvgIpc) is 3.36. The number of amides is 1. The number of nitrogens with zero attached hydrogens (tertiary/aromatic N) is 1. The molecule has 7 nitrogen and oxygen atoms in total. The van der Waals surface area contributed by atoms with E-state index < -0.39 is 21.9 Å². The molecule has 2 aromatic rings. The molecule has 0 unspecified atom stereocenters. The van der Waals surface area contributed by atoms with E-state index in [0.29, 0.717) is 16.1 Å². The highest BCUT2D eigenvalue weighted by molar-refractivity contribution is 7.89. The number of ether oxygens (including phenoxy) is 1. The van der Waals surface area contributed by atoms with E-state index >= 15 is 0 Å². The average molecular weight is 451 g/mol. The summed E-state index contributed by atoms with van der Waals surface area (Å²) in [5.41, 5.74) is 1.40. The Morgan fingerprint density at radius 1 is 1.13 bits per heavy atom. The van der Waals surface area contributed by atoms with E-state index in [1.165, 1.54) is 47.0 Å². The number of thiophene rings is 1. The topological polar surface area (TPSA) is 92.8 Å². The van der Waals surface area contributed by atoms with Crippen molar-refractivity contribution < 1.29 is 22.7 Å². The third kappa shape index (κ3) is 4.28. The summed E-state index contributed by atoms with van der Waals surface area (Å²) in [6, 6.07) is 5.88. The molecule has 1 amide bonds. The number of nitrogens with one attached hydrogen (secondary N) is 1. The van der Waals surface area contributed by atoms with Gasteiger partial charge in [0.15, 0.2) is 0 Å². The third-order valence-corrected chi connectivity index (χ3v) is 8.68. The number of rotatable bonds is 6. The van der Waals surface area contributed by atoms with Crippen molar-refractivity contribution in [2.24, 2.45) is 0 Å². The number of aryl methyl sites for hydroxylation is 1. The van der Waals surface area contributed by atoms with E-state index in [1.807, 2.05) is 6.92 Å². The van der Waals surface area contributed by atoms with Crippen LogP contribution in [0.5, 0.6) is 0 Å². The second-order valence-corrected chi connectivity index (χ2v) is 10.6. The first-order valence-electron chi connectivity index (χ1n) is 9.74. The van der Waals surface area contributed by atoms with Crippen LogP contribution in [0.1, 0.15) is 56.8 Å². The first kappa shape index (κ1) is 22.5. The second-order valence-electron chi connectivity index (χ2n) is 7.42. The van der Waals surface area contributed by atoms with Crippen LogP contribution in [0, 0.1) is 13.8 Å². The Bertz CT molecular complexity index is 1050. The molecule has 1 aliphatic rings. The molecule has 0 bridgehead atoms. The van der Waals surface area contributed by atoms with Crippen LogP contribution in [0.4, 0.5) is 5.00 Å². The number of anilines is 1. The summed E-state index contributed by atoms with van der Waals surface area (Å²) < 4.78 is 32.0. The molecule has 1 aromatic heterocycles.